The maximum absolute atomic E-state index is 11.8. The van der Waals surface area contributed by atoms with Crippen LogP contribution in [0.1, 0.15) is 24.8 Å². The Hall–Kier alpha value is -1.20. The molecule has 0 aliphatic heterocycles. The summed E-state index contributed by atoms with van der Waals surface area (Å²) in [6, 6.07) is 7.66. The van der Waals surface area contributed by atoms with Gasteiger partial charge in [-0.2, -0.15) is 11.8 Å². The summed E-state index contributed by atoms with van der Waals surface area (Å²) in [5, 5.41) is 15.4. The Morgan fingerprint density at radius 1 is 1.45 bits per heavy atom. The number of rotatable bonds is 5. The number of nitrogens with one attached hydrogen (secondary N) is 2. The van der Waals surface area contributed by atoms with Crippen LogP contribution in [0.15, 0.2) is 24.3 Å². The van der Waals surface area contributed by atoms with E-state index < -0.39 is 0 Å². The van der Waals surface area contributed by atoms with E-state index in [0.717, 1.165) is 30.7 Å². The zero-order valence-electron chi connectivity index (χ0n) is 11.8. The fourth-order valence-corrected chi connectivity index (χ4v) is 3.07. The summed E-state index contributed by atoms with van der Waals surface area (Å²) in [4.78, 5) is 11.8. The molecule has 1 aliphatic rings. The van der Waals surface area contributed by atoms with E-state index in [9.17, 15) is 9.90 Å². The van der Waals surface area contributed by atoms with Crippen LogP contribution in [0.5, 0.6) is 0 Å². The standard InChI is InChI=1S/C15H22N2O2S/c1-20-10-11-4-2-6-13(8-11)17-15(19)16-9-12-5-3-7-14(12)18/h2,4,6,8,12,14,18H,3,5,7,9-10H2,1H3,(H2,16,17,19)/t12-,14+/m0/s1. The normalized spacial score (nSPS) is 21.7. The lowest BCUT2D eigenvalue weighted by molar-refractivity contribution is 0.133. The second-order valence-electron chi connectivity index (χ2n) is 5.23. The minimum atomic E-state index is -0.264. The predicted molar refractivity (Wildman–Crippen MR) is 84.0 cm³/mol. The quantitative estimate of drug-likeness (QED) is 0.782. The molecule has 1 aromatic rings. The molecule has 3 N–H and O–H groups in total. The van der Waals surface area contributed by atoms with Crippen LogP contribution in [0.4, 0.5) is 10.5 Å². The first-order valence-electron chi connectivity index (χ1n) is 7.00. The second kappa shape index (κ2) is 7.55. The number of amides is 2. The Balaban J connectivity index is 1.80. The molecule has 0 aromatic heterocycles. The molecule has 1 saturated carbocycles. The highest BCUT2D eigenvalue weighted by Gasteiger charge is 2.25. The Kier molecular flexibility index (Phi) is 5.73. The third-order valence-electron chi connectivity index (χ3n) is 3.64. The molecule has 4 nitrogen and oxygen atoms in total. The summed E-state index contributed by atoms with van der Waals surface area (Å²) in [5.74, 6) is 1.13. The van der Waals surface area contributed by atoms with Gasteiger partial charge < -0.3 is 15.7 Å². The molecule has 2 atom stereocenters. The van der Waals surface area contributed by atoms with Gasteiger partial charge in [-0.25, -0.2) is 4.79 Å². The van der Waals surface area contributed by atoms with Gasteiger partial charge in [0.2, 0.25) is 0 Å². The van der Waals surface area contributed by atoms with Gasteiger partial charge >= 0.3 is 6.03 Å². The highest BCUT2D eigenvalue weighted by atomic mass is 32.2. The largest absolute Gasteiger partial charge is 0.393 e. The van der Waals surface area contributed by atoms with Crippen molar-refractivity contribution in [2.45, 2.75) is 31.1 Å². The Bertz CT molecular complexity index is 453. The van der Waals surface area contributed by atoms with Crippen LogP contribution in [0.25, 0.3) is 0 Å². The van der Waals surface area contributed by atoms with Crippen LogP contribution in [0.2, 0.25) is 0 Å². The van der Waals surface area contributed by atoms with Crippen molar-refractivity contribution in [3.8, 4) is 0 Å². The molecule has 0 bridgehead atoms. The molecule has 0 spiro atoms. The average Bonchev–Trinajstić information content (AvgIpc) is 2.83. The van der Waals surface area contributed by atoms with Crippen molar-refractivity contribution >= 4 is 23.5 Å². The Labute approximate surface area is 124 Å². The van der Waals surface area contributed by atoms with Crippen LogP contribution in [-0.2, 0) is 5.75 Å². The summed E-state index contributed by atoms with van der Waals surface area (Å²) in [6.07, 6.45) is 4.68. The lowest BCUT2D eigenvalue weighted by Crippen LogP contribution is -2.35. The van der Waals surface area contributed by atoms with Crippen LogP contribution < -0.4 is 10.6 Å². The molecule has 0 heterocycles. The van der Waals surface area contributed by atoms with Gasteiger partial charge in [0.25, 0.3) is 0 Å². The van der Waals surface area contributed by atoms with Gasteiger partial charge in [-0.15, -0.1) is 0 Å². The topological polar surface area (TPSA) is 61.4 Å². The molecule has 1 fully saturated rings. The molecule has 20 heavy (non-hydrogen) atoms. The average molecular weight is 294 g/mol. The zero-order chi connectivity index (χ0) is 14.4. The molecule has 110 valence electrons. The van der Waals surface area contributed by atoms with Crippen molar-refractivity contribution in [3.63, 3.8) is 0 Å². The van der Waals surface area contributed by atoms with E-state index in [2.05, 4.69) is 23.0 Å². The number of aliphatic hydroxyl groups is 1. The molecule has 0 unspecified atom stereocenters. The summed E-state index contributed by atoms with van der Waals surface area (Å²) < 4.78 is 0. The first-order chi connectivity index (χ1) is 9.69. The first kappa shape index (κ1) is 15.2. The molecule has 0 saturated heterocycles. The minimum Gasteiger partial charge on any atom is -0.393 e. The van der Waals surface area contributed by atoms with E-state index in [1.807, 2.05) is 18.2 Å². The Morgan fingerprint density at radius 3 is 3.00 bits per heavy atom. The lowest BCUT2D eigenvalue weighted by atomic mass is 10.1. The highest BCUT2D eigenvalue weighted by Crippen LogP contribution is 2.24. The summed E-state index contributed by atoms with van der Waals surface area (Å²) in [6.45, 7) is 0.539. The van der Waals surface area contributed by atoms with Crippen LogP contribution >= 0.6 is 11.8 Å². The molecular formula is C15H22N2O2S. The van der Waals surface area contributed by atoms with Gasteiger partial charge in [0.05, 0.1) is 6.10 Å². The van der Waals surface area contributed by atoms with Crippen molar-refractivity contribution in [2.24, 2.45) is 5.92 Å². The predicted octanol–water partition coefficient (Wildman–Crippen LogP) is 2.83. The molecular weight excluding hydrogens is 272 g/mol. The highest BCUT2D eigenvalue weighted by molar-refractivity contribution is 7.97. The summed E-state index contributed by atoms with van der Waals surface area (Å²) in [7, 11) is 0. The number of hydrogen-bond donors (Lipinski definition) is 3. The maximum Gasteiger partial charge on any atom is 0.319 e. The van der Waals surface area contributed by atoms with Crippen molar-refractivity contribution in [1.82, 2.24) is 5.32 Å². The minimum absolute atomic E-state index is 0.198. The third kappa shape index (κ3) is 4.42. The van der Waals surface area contributed by atoms with Gasteiger partial charge in [-0.1, -0.05) is 18.6 Å². The van der Waals surface area contributed by atoms with Gasteiger partial charge in [0, 0.05) is 23.9 Å². The maximum atomic E-state index is 11.8. The molecule has 2 amide bonds. The molecule has 0 radical (unpaired) electrons. The fourth-order valence-electron chi connectivity index (χ4n) is 2.56. The van der Waals surface area contributed by atoms with E-state index in [4.69, 9.17) is 0 Å². The molecule has 1 aromatic carbocycles. The lowest BCUT2D eigenvalue weighted by Gasteiger charge is -2.15. The van der Waals surface area contributed by atoms with Crippen LogP contribution in [-0.4, -0.2) is 30.0 Å². The van der Waals surface area contributed by atoms with Gasteiger partial charge in [-0.3, -0.25) is 0 Å². The van der Waals surface area contributed by atoms with Gasteiger partial charge in [0.15, 0.2) is 0 Å². The van der Waals surface area contributed by atoms with Crippen molar-refractivity contribution in [2.75, 3.05) is 18.1 Å². The SMILES string of the molecule is CSCc1cccc(NC(=O)NC[C@@H]2CCC[C@H]2O)c1. The van der Waals surface area contributed by atoms with Crippen molar-refractivity contribution in [1.29, 1.82) is 0 Å². The number of thioether (sulfide) groups is 1. The third-order valence-corrected chi connectivity index (χ3v) is 4.26. The van der Waals surface area contributed by atoms with Crippen LogP contribution in [0, 0.1) is 5.92 Å². The summed E-state index contributed by atoms with van der Waals surface area (Å²) in [5.41, 5.74) is 2.00. The van der Waals surface area contributed by atoms with Gasteiger partial charge in [-0.05, 0) is 36.8 Å². The number of carbonyl (C=O) groups is 1. The van der Waals surface area contributed by atoms with E-state index in [-0.39, 0.29) is 18.1 Å². The number of benzene rings is 1. The zero-order valence-corrected chi connectivity index (χ0v) is 12.6. The number of anilines is 1. The number of carbonyl (C=O) groups excluding carboxylic acids is 1. The fraction of sp³-hybridized carbons (Fsp3) is 0.533. The Morgan fingerprint density at radius 2 is 2.30 bits per heavy atom. The molecule has 1 aliphatic carbocycles. The van der Waals surface area contributed by atoms with E-state index in [1.54, 1.807) is 11.8 Å². The molecule has 2 rings (SSSR count). The monoisotopic (exact) mass is 294 g/mol. The van der Waals surface area contributed by atoms with Crippen molar-refractivity contribution in [3.05, 3.63) is 29.8 Å². The molecule has 5 heteroatoms. The second-order valence-corrected chi connectivity index (χ2v) is 6.09. The smallest absolute Gasteiger partial charge is 0.319 e. The van der Waals surface area contributed by atoms with Crippen LogP contribution in [0.3, 0.4) is 0 Å². The van der Waals surface area contributed by atoms with Crippen molar-refractivity contribution < 1.29 is 9.90 Å². The summed E-state index contributed by atoms with van der Waals surface area (Å²) >= 11 is 1.75. The van der Waals surface area contributed by atoms with E-state index >= 15 is 0 Å². The number of hydrogen-bond acceptors (Lipinski definition) is 3. The first-order valence-corrected chi connectivity index (χ1v) is 8.39. The van der Waals surface area contributed by atoms with E-state index in [1.165, 1.54) is 5.56 Å². The van der Waals surface area contributed by atoms with E-state index in [0.29, 0.717) is 6.54 Å². The number of aliphatic hydroxyl groups excluding tert-OH is 1. The van der Waals surface area contributed by atoms with Gasteiger partial charge in [0.1, 0.15) is 0 Å². The number of urea groups is 1.